The van der Waals surface area contributed by atoms with E-state index in [1.165, 1.54) is 18.2 Å². The summed E-state index contributed by atoms with van der Waals surface area (Å²) in [6.07, 6.45) is -6.90. The topological polar surface area (TPSA) is 18.5 Å². The van der Waals surface area contributed by atoms with E-state index >= 15 is 0 Å². The summed E-state index contributed by atoms with van der Waals surface area (Å²) in [5.74, 6) is -0.487. The predicted molar refractivity (Wildman–Crippen MR) is 52.0 cm³/mol. The van der Waals surface area contributed by atoms with Gasteiger partial charge in [0.15, 0.2) is 11.5 Å². The van der Waals surface area contributed by atoms with Crippen molar-refractivity contribution in [2.75, 3.05) is 0 Å². The Hall–Kier alpha value is -0.810. The number of fused-ring (bicyclic) bond motifs is 1. The first kappa shape index (κ1) is 11.7. The molecule has 0 fully saturated rings. The molecule has 1 aromatic rings. The smallest absolute Gasteiger partial charge is 0.447 e. The van der Waals surface area contributed by atoms with Gasteiger partial charge in [-0.3, -0.25) is 0 Å². The molecule has 0 N–H and O–H groups in total. The molecule has 1 heterocycles. The van der Waals surface area contributed by atoms with Crippen LogP contribution in [-0.4, -0.2) is 12.5 Å². The van der Waals surface area contributed by atoms with E-state index in [9.17, 15) is 13.2 Å². The number of alkyl halides is 5. The van der Waals surface area contributed by atoms with Crippen molar-refractivity contribution in [1.29, 1.82) is 0 Å². The summed E-state index contributed by atoms with van der Waals surface area (Å²) in [7, 11) is 0. The van der Waals surface area contributed by atoms with Gasteiger partial charge in [-0.15, -0.1) is 0 Å². The van der Waals surface area contributed by atoms with Crippen molar-refractivity contribution in [2.45, 2.75) is 17.3 Å². The van der Waals surface area contributed by atoms with E-state index in [1.807, 2.05) is 0 Å². The number of para-hydroxylation sites is 1. The van der Waals surface area contributed by atoms with E-state index in [-0.39, 0.29) is 17.1 Å². The minimum absolute atomic E-state index is 0.180. The third-order valence-corrected chi connectivity index (χ3v) is 2.45. The van der Waals surface area contributed by atoms with Crippen LogP contribution in [0.4, 0.5) is 13.2 Å². The van der Waals surface area contributed by atoms with E-state index in [1.54, 1.807) is 0 Å². The Kier molecular flexibility index (Phi) is 2.84. The predicted octanol–water partition coefficient (Wildman–Crippen LogP) is 3.82. The molecule has 0 spiro atoms. The van der Waals surface area contributed by atoms with Crippen molar-refractivity contribution in [1.82, 2.24) is 0 Å². The fraction of sp³-hybridized carbons (Fsp3) is 0.333. The summed E-state index contributed by atoms with van der Waals surface area (Å²) in [6.45, 7) is 0. The van der Waals surface area contributed by atoms with Crippen LogP contribution in [0, 0.1) is 0 Å². The van der Waals surface area contributed by atoms with Crippen LogP contribution in [-0.2, 0) is 0 Å². The van der Waals surface area contributed by atoms with E-state index in [0.717, 1.165) is 0 Å². The molecule has 0 radical (unpaired) electrons. The van der Waals surface area contributed by atoms with Gasteiger partial charge in [0.1, 0.15) is 4.84 Å². The van der Waals surface area contributed by atoms with Crippen LogP contribution in [0.3, 0.4) is 0 Å². The minimum Gasteiger partial charge on any atom is -0.447 e. The molecule has 0 aromatic heterocycles. The average molecular weight is 273 g/mol. The van der Waals surface area contributed by atoms with Gasteiger partial charge in [-0.2, -0.15) is 13.2 Å². The van der Waals surface area contributed by atoms with E-state index in [4.69, 9.17) is 23.2 Å². The van der Waals surface area contributed by atoms with Crippen LogP contribution in [0.2, 0.25) is 0 Å². The van der Waals surface area contributed by atoms with Crippen molar-refractivity contribution in [3.8, 4) is 11.5 Å². The van der Waals surface area contributed by atoms with Gasteiger partial charge in [-0.25, -0.2) is 0 Å². The van der Waals surface area contributed by atoms with Crippen LogP contribution in [0.15, 0.2) is 18.2 Å². The van der Waals surface area contributed by atoms with Crippen LogP contribution in [0.5, 0.6) is 11.5 Å². The molecule has 7 heteroatoms. The molecule has 2 rings (SSSR count). The van der Waals surface area contributed by atoms with Gasteiger partial charge in [0.2, 0.25) is 0 Å². The maximum Gasteiger partial charge on any atom is 0.468 e. The average Bonchev–Trinajstić information content (AvgIpc) is 2.18. The van der Waals surface area contributed by atoms with Crippen molar-refractivity contribution in [3.05, 3.63) is 23.8 Å². The zero-order valence-electron chi connectivity index (χ0n) is 7.59. The Labute approximate surface area is 98.9 Å². The standard InChI is InChI=1S/C9H5Cl2F3O2/c10-7(11)4-2-1-3-5-6(4)15-8(12)9(13,14)16-5/h1-3,7-8H/t8-/m0/s1. The van der Waals surface area contributed by atoms with Gasteiger partial charge >= 0.3 is 12.5 Å². The maximum atomic E-state index is 12.9. The Morgan fingerprint density at radius 3 is 2.62 bits per heavy atom. The Bertz CT molecular complexity index is 412. The van der Waals surface area contributed by atoms with Crippen LogP contribution < -0.4 is 9.47 Å². The zero-order valence-corrected chi connectivity index (χ0v) is 9.10. The van der Waals surface area contributed by atoms with Gasteiger partial charge in [0.25, 0.3) is 0 Å². The number of rotatable bonds is 1. The lowest BCUT2D eigenvalue weighted by molar-refractivity contribution is -0.281. The monoisotopic (exact) mass is 272 g/mol. The summed E-state index contributed by atoms with van der Waals surface area (Å²) in [6, 6.07) is 4.06. The molecule has 0 saturated heterocycles. The molecule has 0 bridgehead atoms. The summed E-state index contributed by atoms with van der Waals surface area (Å²) in [5.41, 5.74) is 0.180. The molecule has 16 heavy (non-hydrogen) atoms. The highest BCUT2D eigenvalue weighted by molar-refractivity contribution is 6.44. The lowest BCUT2D eigenvalue weighted by atomic mass is 10.2. The molecular formula is C9H5Cl2F3O2. The summed E-state index contributed by atoms with van der Waals surface area (Å²) < 4.78 is 47.1. The van der Waals surface area contributed by atoms with Crippen LogP contribution in [0.25, 0.3) is 0 Å². The molecule has 0 unspecified atom stereocenters. The third-order valence-electron chi connectivity index (χ3n) is 1.98. The van der Waals surface area contributed by atoms with E-state index in [0.29, 0.717) is 0 Å². The fourth-order valence-corrected chi connectivity index (χ4v) is 1.62. The highest BCUT2D eigenvalue weighted by Gasteiger charge is 2.50. The highest BCUT2D eigenvalue weighted by atomic mass is 35.5. The Balaban J connectivity index is 2.47. The fourth-order valence-electron chi connectivity index (χ4n) is 1.28. The minimum atomic E-state index is -4.01. The van der Waals surface area contributed by atoms with Crippen molar-refractivity contribution in [3.63, 3.8) is 0 Å². The van der Waals surface area contributed by atoms with Crippen molar-refractivity contribution in [2.24, 2.45) is 0 Å². The second-order valence-electron chi connectivity index (χ2n) is 3.07. The Morgan fingerprint density at radius 1 is 1.31 bits per heavy atom. The highest BCUT2D eigenvalue weighted by Crippen LogP contribution is 2.46. The molecule has 1 atom stereocenters. The summed E-state index contributed by atoms with van der Waals surface area (Å²) in [5, 5.41) is 0. The summed E-state index contributed by atoms with van der Waals surface area (Å²) in [4.78, 5) is -1.02. The van der Waals surface area contributed by atoms with E-state index < -0.39 is 17.3 Å². The van der Waals surface area contributed by atoms with Gasteiger partial charge in [-0.1, -0.05) is 35.3 Å². The van der Waals surface area contributed by atoms with Crippen molar-refractivity contribution < 1.29 is 22.6 Å². The first-order valence-corrected chi connectivity index (χ1v) is 5.07. The molecule has 2 nitrogen and oxygen atoms in total. The molecule has 0 aliphatic carbocycles. The van der Waals surface area contributed by atoms with Gasteiger partial charge in [0.05, 0.1) is 0 Å². The second kappa shape index (κ2) is 3.89. The molecule has 0 amide bonds. The van der Waals surface area contributed by atoms with Crippen LogP contribution >= 0.6 is 23.2 Å². The molecule has 88 valence electrons. The molecular weight excluding hydrogens is 268 g/mol. The number of halogens is 5. The lowest BCUT2D eigenvalue weighted by Crippen LogP contribution is -2.43. The number of ether oxygens (including phenoxy) is 2. The van der Waals surface area contributed by atoms with Crippen LogP contribution in [0.1, 0.15) is 10.4 Å². The lowest BCUT2D eigenvalue weighted by Gasteiger charge is -2.29. The van der Waals surface area contributed by atoms with Gasteiger partial charge in [0, 0.05) is 5.56 Å². The summed E-state index contributed by atoms with van der Waals surface area (Å²) >= 11 is 11.2. The Morgan fingerprint density at radius 2 is 2.00 bits per heavy atom. The first-order chi connectivity index (χ1) is 7.42. The number of hydrogen-bond acceptors (Lipinski definition) is 2. The van der Waals surface area contributed by atoms with Gasteiger partial charge < -0.3 is 9.47 Å². The van der Waals surface area contributed by atoms with Gasteiger partial charge in [-0.05, 0) is 6.07 Å². The largest absolute Gasteiger partial charge is 0.468 e. The second-order valence-corrected chi connectivity index (χ2v) is 4.17. The molecule has 1 aromatic carbocycles. The quantitative estimate of drug-likeness (QED) is 0.724. The number of benzene rings is 1. The number of hydrogen-bond donors (Lipinski definition) is 0. The van der Waals surface area contributed by atoms with E-state index in [2.05, 4.69) is 9.47 Å². The maximum absolute atomic E-state index is 12.9. The molecule has 1 aliphatic heterocycles. The SMILES string of the molecule is F[C@H]1Oc2c(cccc2C(Cl)Cl)OC1(F)F. The molecule has 1 aliphatic rings. The molecule has 0 saturated carbocycles. The third kappa shape index (κ3) is 1.89. The zero-order chi connectivity index (χ0) is 11.9. The van der Waals surface area contributed by atoms with Crippen molar-refractivity contribution >= 4 is 23.2 Å². The first-order valence-electron chi connectivity index (χ1n) is 4.20. The normalized spacial score (nSPS) is 22.2.